The summed E-state index contributed by atoms with van der Waals surface area (Å²) in [7, 11) is 1.69. The molecule has 1 unspecified atom stereocenters. The fourth-order valence-corrected chi connectivity index (χ4v) is 1.78. The lowest BCUT2D eigenvalue weighted by molar-refractivity contribution is -0.138. The van der Waals surface area contributed by atoms with Crippen molar-refractivity contribution >= 4 is 0 Å². The van der Waals surface area contributed by atoms with Crippen LogP contribution < -0.4 is 5.73 Å². The Morgan fingerprint density at radius 2 is 1.89 bits per heavy atom. The first-order valence-electron chi connectivity index (χ1n) is 5.31. The van der Waals surface area contributed by atoms with Crippen molar-refractivity contribution in [3.05, 3.63) is 53.3 Å². The molecule has 2 aromatic rings. The van der Waals surface area contributed by atoms with E-state index in [1.165, 1.54) is 22.9 Å². The van der Waals surface area contributed by atoms with Gasteiger partial charge in [-0.1, -0.05) is 18.2 Å². The maximum Gasteiger partial charge on any atom is 0.416 e. The third kappa shape index (κ3) is 2.38. The Labute approximate surface area is 102 Å². The first-order chi connectivity index (χ1) is 8.39. The zero-order valence-corrected chi connectivity index (χ0v) is 9.65. The molecule has 0 spiro atoms. The Kier molecular flexibility index (Phi) is 3.13. The van der Waals surface area contributed by atoms with Crippen LogP contribution in [0.3, 0.4) is 0 Å². The van der Waals surface area contributed by atoms with Gasteiger partial charge in [0.05, 0.1) is 17.3 Å². The fourth-order valence-electron chi connectivity index (χ4n) is 1.78. The molecular formula is C12H12F3N3. The van der Waals surface area contributed by atoms with E-state index < -0.39 is 17.8 Å². The predicted molar refractivity (Wildman–Crippen MR) is 60.7 cm³/mol. The predicted octanol–water partition coefficient (Wildman–Crippen LogP) is 2.49. The van der Waals surface area contributed by atoms with Crippen LogP contribution in [0.25, 0.3) is 0 Å². The van der Waals surface area contributed by atoms with Crippen LogP contribution in [0.5, 0.6) is 0 Å². The molecule has 1 aromatic carbocycles. The number of halogens is 3. The summed E-state index contributed by atoms with van der Waals surface area (Å²) in [5.41, 5.74) is 5.57. The van der Waals surface area contributed by atoms with E-state index in [-0.39, 0.29) is 5.56 Å². The molecular weight excluding hydrogens is 243 g/mol. The monoisotopic (exact) mass is 255 g/mol. The molecule has 1 atom stereocenters. The number of rotatable bonds is 2. The number of benzene rings is 1. The van der Waals surface area contributed by atoms with E-state index in [0.29, 0.717) is 5.69 Å². The third-order valence-corrected chi connectivity index (χ3v) is 2.65. The van der Waals surface area contributed by atoms with Crippen molar-refractivity contribution in [3.8, 4) is 0 Å². The van der Waals surface area contributed by atoms with E-state index in [1.807, 2.05) is 0 Å². The van der Waals surface area contributed by atoms with Gasteiger partial charge in [-0.25, -0.2) is 0 Å². The van der Waals surface area contributed by atoms with Crippen molar-refractivity contribution in [2.75, 3.05) is 0 Å². The lowest BCUT2D eigenvalue weighted by atomic mass is 9.98. The molecule has 0 bridgehead atoms. The van der Waals surface area contributed by atoms with E-state index in [9.17, 15) is 13.2 Å². The lowest BCUT2D eigenvalue weighted by Crippen LogP contribution is -2.19. The van der Waals surface area contributed by atoms with Gasteiger partial charge in [0, 0.05) is 13.2 Å². The summed E-state index contributed by atoms with van der Waals surface area (Å²) < 4.78 is 40.1. The lowest BCUT2D eigenvalue weighted by Gasteiger charge is -2.16. The van der Waals surface area contributed by atoms with Crippen LogP contribution in [0.15, 0.2) is 36.5 Å². The van der Waals surface area contributed by atoms with E-state index in [1.54, 1.807) is 19.3 Å². The molecule has 3 nitrogen and oxygen atoms in total. The van der Waals surface area contributed by atoms with Crippen molar-refractivity contribution in [1.82, 2.24) is 9.78 Å². The van der Waals surface area contributed by atoms with Gasteiger partial charge in [0.25, 0.3) is 0 Å². The second-order valence-corrected chi connectivity index (χ2v) is 3.98. The van der Waals surface area contributed by atoms with Crippen molar-refractivity contribution in [3.63, 3.8) is 0 Å². The number of hydrogen-bond donors (Lipinski definition) is 1. The average Bonchev–Trinajstić information content (AvgIpc) is 2.74. The van der Waals surface area contributed by atoms with Gasteiger partial charge >= 0.3 is 6.18 Å². The number of nitrogens with two attached hydrogens (primary N) is 1. The largest absolute Gasteiger partial charge is 0.416 e. The van der Waals surface area contributed by atoms with Crippen molar-refractivity contribution in [2.45, 2.75) is 12.2 Å². The maximum atomic E-state index is 12.8. The minimum atomic E-state index is -4.41. The number of alkyl halides is 3. The van der Waals surface area contributed by atoms with Gasteiger partial charge < -0.3 is 5.73 Å². The van der Waals surface area contributed by atoms with Crippen LogP contribution in [0, 0.1) is 0 Å². The van der Waals surface area contributed by atoms with Gasteiger partial charge in [0.15, 0.2) is 0 Å². The second kappa shape index (κ2) is 4.45. The number of hydrogen-bond acceptors (Lipinski definition) is 2. The molecule has 2 N–H and O–H groups in total. The molecule has 0 fully saturated rings. The number of nitrogens with zero attached hydrogens (tertiary/aromatic N) is 2. The van der Waals surface area contributed by atoms with Crippen molar-refractivity contribution < 1.29 is 13.2 Å². The molecule has 0 amide bonds. The summed E-state index contributed by atoms with van der Waals surface area (Å²) in [6.07, 6.45) is -2.77. The van der Waals surface area contributed by atoms with Gasteiger partial charge in [0.1, 0.15) is 0 Å². The molecule has 6 heteroatoms. The van der Waals surface area contributed by atoms with E-state index in [0.717, 1.165) is 6.07 Å². The van der Waals surface area contributed by atoms with Gasteiger partial charge in [-0.3, -0.25) is 4.68 Å². The molecule has 1 aromatic heterocycles. The van der Waals surface area contributed by atoms with Gasteiger partial charge in [0.2, 0.25) is 0 Å². The third-order valence-electron chi connectivity index (χ3n) is 2.65. The van der Waals surface area contributed by atoms with E-state index >= 15 is 0 Å². The molecule has 18 heavy (non-hydrogen) atoms. The normalized spacial score (nSPS) is 13.6. The SMILES string of the molecule is Cn1ccc(C(N)c2ccccc2C(F)(F)F)n1. The zero-order valence-electron chi connectivity index (χ0n) is 9.65. The molecule has 1 heterocycles. The minimum absolute atomic E-state index is 0.0312. The molecule has 2 rings (SSSR count). The molecule has 0 saturated carbocycles. The topological polar surface area (TPSA) is 43.8 Å². The number of aryl methyl sites for hydroxylation is 1. The second-order valence-electron chi connectivity index (χ2n) is 3.98. The quantitative estimate of drug-likeness (QED) is 0.896. The Bertz CT molecular complexity index is 545. The number of aromatic nitrogens is 2. The summed E-state index contributed by atoms with van der Waals surface area (Å²) >= 11 is 0. The van der Waals surface area contributed by atoms with Gasteiger partial charge in [-0.05, 0) is 17.7 Å². The maximum absolute atomic E-state index is 12.8. The molecule has 0 aliphatic rings. The van der Waals surface area contributed by atoms with Crippen LogP contribution in [-0.4, -0.2) is 9.78 Å². The van der Waals surface area contributed by atoms with E-state index in [2.05, 4.69) is 5.10 Å². The molecule has 0 aliphatic carbocycles. The highest BCUT2D eigenvalue weighted by molar-refractivity contribution is 5.36. The standard InChI is InChI=1S/C12H12F3N3/c1-18-7-6-10(17-18)11(16)8-4-2-3-5-9(8)12(13,14)15/h2-7,11H,16H2,1H3. The highest BCUT2D eigenvalue weighted by Crippen LogP contribution is 2.35. The van der Waals surface area contributed by atoms with Crippen molar-refractivity contribution in [2.24, 2.45) is 12.8 Å². The molecule has 96 valence electrons. The summed E-state index contributed by atoms with van der Waals surface area (Å²) in [5, 5.41) is 4.03. The van der Waals surface area contributed by atoms with Crippen molar-refractivity contribution in [1.29, 1.82) is 0 Å². The first kappa shape index (κ1) is 12.6. The smallest absolute Gasteiger partial charge is 0.319 e. The summed E-state index contributed by atoms with van der Waals surface area (Å²) in [4.78, 5) is 0. The molecule has 0 saturated heterocycles. The highest BCUT2D eigenvalue weighted by Gasteiger charge is 2.34. The Balaban J connectivity index is 2.45. The highest BCUT2D eigenvalue weighted by atomic mass is 19.4. The van der Waals surface area contributed by atoms with Crippen LogP contribution >= 0.6 is 0 Å². The van der Waals surface area contributed by atoms with Crippen LogP contribution in [-0.2, 0) is 13.2 Å². The fraction of sp³-hybridized carbons (Fsp3) is 0.250. The average molecular weight is 255 g/mol. The summed E-state index contributed by atoms with van der Waals surface area (Å²) in [6, 6.07) is 6.01. The summed E-state index contributed by atoms with van der Waals surface area (Å²) in [5.74, 6) is 0. The molecule has 0 radical (unpaired) electrons. The Morgan fingerprint density at radius 1 is 1.22 bits per heavy atom. The first-order valence-corrected chi connectivity index (χ1v) is 5.31. The van der Waals surface area contributed by atoms with Crippen LogP contribution in [0.4, 0.5) is 13.2 Å². The summed E-state index contributed by atoms with van der Waals surface area (Å²) in [6.45, 7) is 0. The molecule has 0 aliphatic heterocycles. The van der Waals surface area contributed by atoms with Gasteiger partial charge in [-0.15, -0.1) is 0 Å². The Morgan fingerprint density at radius 3 is 2.44 bits per heavy atom. The Hall–Kier alpha value is -1.82. The van der Waals surface area contributed by atoms with Crippen LogP contribution in [0.1, 0.15) is 22.9 Å². The minimum Gasteiger partial charge on any atom is -0.319 e. The zero-order chi connectivity index (χ0) is 13.3. The van der Waals surface area contributed by atoms with E-state index in [4.69, 9.17) is 5.73 Å². The van der Waals surface area contributed by atoms with Crippen LogP contribution in [0.2, 0.25) is 0 Å². The van der Waals surface area contributed by atoms with Gasteiger partial charge in [-0.2, -0.15) is 18.3 Å².